The van der Waals surface area contributed by atoms with E-state index in [4.69, 9.17) is 0 Å². The second-order valence-corrected chi connectivity index (χ2v) is 17.8. The summed E-state index contributed by atoms with van der Waals surface area (Å²) >= 11 is 0.735. The fourth-order valence-corrected chi connectivity index (χ4v) is 11.3. The highest BCUT2D eigenvalue weighted by atomic mass is 32.3. The number of aryl methyl sites for hydroxylation is 1. The number of rotatable bonds is 13. The lowest BCUT2D eigenvalue weighted by atomic mass is 9.93. The summed E-state index contributed by atoms with van der Waals surface area (Å²) in [5, 5.41) is 8.54. The van der Waals surface area contributed by atoms with Gasteiger partial charge in [-0.15, -0.1) is 11.3 Å². The molecule has 1 unspecified atom stereocenters. The SMILES string of the molecule is CCN[C@H]1C[C@H](C)S(=O)(=O)c2sc(S(=O)(=O)/N=C/c3ccc4c(c3)C(Cc3[nH]c(C)c(C(=O)NCCN(CC)CC)c3C)C(=O)N4)cc21. The van der Waals surface area contributed by atoms with Gasteiger partial charge in [0.05, 0.1) is 16.7 Å². The van der Waals surface area contributed by atoms with Crippen molar-refractivity contribution in [2.24, 2.45) is 4.40 Å². The molecule has 0 aliphatic carbocycles. The molecule has 1 aromatic carbocycles. The molecule has 4 N–H and O–H groups in total. The third-order valence-electron chi connectivity index (χ3n) is 9.29. The quantitative estimate of drug-likeness (QED) is 0.192. The highest BCUT2D eigenvalue weighted by Crippen LogP contribution is 2.43. The Kier molecular flexibility index (Phi) is 10.7. The molecule has 0 radical (unpaired) electrons. The minimum absolute atomic E-state index is 0.0704. The van der Waals surface area contributed by atoms with Gasteiger partial charge in [-0.1, -0.05) is 26.8 Å². The van der Waals surface area contributed by atoms with E-state index in [2.05, 4.69) is 44.1 Å². The van der Waals surface area contributed by atoms with Crippen LogP contribution in [0.2, 0.25) is 0 Å². The molecule has 0 fully saturated rings. The van der Waals surface area contributed by atoms with Crippen LogP contribution in [0.15, 0.2) is 37.1 Å². The average molecular weight is 717 g/mol. The van der Waals surface area contributed by atoms with E-state index in [0.717, 1.165) is 47.9 Å². The van der Waals surface area contributed by atoms with Crippen LogP contribution in [-0.2, 0) is 31.1 Å². The average Bonchev–Trinajstić information content (AvgIpc) is 3.71. The molecule has 2 aliphatic heterocycles. The van der Waals surface area contributed by atoms with Crippen molar-refractivity contribution in [3.63, 3.8) is 0 Å². The first-order valence-electron chi connectivity index (χ1n) is 16.3. The predicted octanol–water partition coefficient (Wildman–Crippen LogP) is 4.07. The van der Waals surface area contributed by atoms with Gasteiger partial charge in [-0.25, -0.2) is 8.42 Å². The molecule has 2 amide bonds. The Morgan fingerprint density at radius 3 is 2.56 bits per heavy atom. The Balaban J connectivity index is 1.35. The minimum atomic E-state index is -4.21. The van der Waals surface area contributed by atoms with Crippen molar-refractivity contribution < 1.29 is 26.4 Å². The maximum atomic E-state index is 13.3. The minimum Gasteiger partial charge on any atom is -0.362 e. The number of nitrogens with one attached hydrogen (secondary N) is 4. The highest BCUT2D eigenvalue weighted by molar-refractivity contribution is 7.96. The summed E-state index contributed by atoms with van der Waals surface area (Å²) in [6.07, 6.45) is 1.90. The van der Waals surface area contributed by atoms with Crippen LogP contribution in [0.4, 0.5) is 5.69 Å². The molecule has 0 saturated heterocycles. The van der Waals surface area contributed by atoms with E-state index < -0.39 is 31.0 Å². The van der Waals surface area contributed by atoms with Crippen LogP contribution in [-0.4, -0.2) is 82.7 Å². The molecule has 0 saturated carbocycles. The van der Waals surface area contributed by atoms with Crippen LogP contribution in [0, 0.1) is 13.8 Å². The van der Waals surface area contributed by atoms with Crippen LogP contribution in [0.5, 0.6) is 0 Å². The summed E-state index contributed by atoms with van der Waals surface area (Å²) < 4.78 is 56.5. The number of sulfone groups is 1. The normalized spacial score (nSPS) is 20.2. The number of fused-ring (bicyclic) bond motifs is 2. The van der Waals surface area contributed by atoms with Crippen LogP contribution in [0.1, 0.15) is 90.1 Å². The number of amides is 2. The van der Waals surface area contributed by atoms with Crippen LogP contribution in [0.25, 0.3) is 0 Å². The third kappa shape index (κ3) is 7.01. The summed E-state index contributed by atoms with van der Waals surface area (Å²) in [5.41, 5.74) is 5.11. The number of anilines is 1. The summed E-state index contributed by atoms with van der Waals surface area (Å²) in [6, 6.07) is 6.27. The Morgan fingerprint density at radius 2 is 1.88 bits per heavy atom. The van der Waals surface area contributed by atoms with Crippen molar-refractivity contribution in [2.75, 3.05) is 38.0 Å². The number of carbonyl (C=O) groups excluding carboxylic acids is 2. The molecule has 0 spiro atoms. The maximum Gasteiger partial charge on any atom is 0.291 e. The number of hydrogen-bond acceptors (Lipinski definition) is 9. The van der Waals surface area contributed by atoms with Crippen molar-refractivity contribution in [2.45, 2.75) is 80.0 Å². The monoisotopic (exact) mass is 716 g/mol. The van der Waals surface area contributed by atoms with E-state index in [-0.39, 0.29) is 26.3 Å². The molecule has 0 bridgehead atoms. The standard InChI is InChI=1S/C33H44N6O6S3/c1-7-34-28-14-19(4)47(42,43)33-25(28)17-29(46-33)48(44,45)36-18-22-10-11-26-23(15-22)24(31(40)38-26)16-27-20(5)30(21(6)37-27)32(41)35-12-13-39(8-2)9-3/h10-11,15,17-19,24,28,34,37H,7-9,12-14,16H2,1-6H3,(H,35,41)(H,38,40)/b36-18+/t19-,24?,28-/m0/s1. The number of carbonyl (C=O) groups is 2. The van der Waals surface area contributed by atoms with Gasteiger partial charge in [0, 0.05) is 54.4 Å². The van der Waals surface area contributed by atoms with E-state index >= 15 is 0 Å². The zero-order valence-electron chi connectivity index (χ0n) is 28.1. The maximum absolute atomic E-state index is 13.3. The number of aromatic nitrogens is 1. The molecule has 260 valence electrons. The Bertz CT molecular complexity index is 1960. The molecular formula is C33H44N6O6S3. The molecule has 15 heteroatoms. The van der Waals surface area contributed by atoms with Crippen molar-refractivity contribution in [3.8, 4) is 0 Å². The van der Waals surface area contributed by atoms with Crippen molar-refractivity contribution in [1.29, 1.82) is 0 Å². The number of likely N-dealkylation sites (N-methyl/N-ethyl adjacent to an activating group) is 1. The largest absolute Gasteiger partial charge is 0.362 e. The molecule has 4 heterocycles. The first-order valence-corrected chi connectivity index (χ1v) is 20.1. The van der Waals surface area contributed by atoms with E-state index in [1.165, 1.54) is 12.3 Å². The first-order chi connectivity index (χ1) is 22.7. The predicted molar refractivity (Wildman–Crippen MR) is 189 cm³/mol. The van der Waals surface area contributed by atoms with Gasteiger partial charge in [0.25, 0.3) is 15.9 Å². The van der Waals surface area contributed by atoms with E-state index in [0.29, 0.717) is 53.9 Å². The number of H-pyrrole nitrogens is 1. The summed E-state index contributed by atoms with van der Waals surface area (Å²) in [4.78, 5) is 31.7. The number of sulfonamides is 1. The van der Waals surface area contributed by atoms with Crippen molar-refractivity contribution in [1.82, 2.24) is 20.5 Å². The molecule has 5 rings (SSSR count). The van der Waals surface area contributed by atoms with Gasteiger partial charge in [-0.3, -0.25) is 9.59 Å². The molecule has 12 nitrogen and oxygen atoms in total. The van der Waals surface area contributed by atoms with Crippen LogP contribution < -0.4 is 16.0 Å². The number of benzene rings is 1. The van der Waals surface area contributed by atoms with Crippen LogP contribution in [0.3, 0.4) is 0 Å². The van der Waals surface area contributed by atoms with E-state index in [9.17, 15) is 26.4 Å². The topological polar surface area (TPSA) is 170 Å². The third-order valence-corrected chi connectivity index (χ3v) is 14.9. The molecular weight excluding hydrogens is 673 g/mol. The van der Waals surface area contributed by atoms with Gasteiger partial charge in [0.2, 0.25) is 5.91 Å². The van der Waals surface area contributed by atoms with E-state index in [1.807, 2.05) is 20.8 Å². The molecule has 3 aromatic rings. The van der Waals surface area contributed by atoms with Gasteiger partial charge in [0.1, 0.15) is 8.42 Å². The number of nitrogens with zero attached hydrogens (tertiary/aromatic N) is 2. The molecule has 2 aromatic heterocycles. The zero-order chi connectivity index (χ0) is 35.0. The number of thiophene rings is 1. The molecule has 48 heavy (non-hydrogen) atoms. The Morgan fingerprint density at radius 1 is 1.15 bits per heavy atom. The van der Waals surface area contributed by atoms with Gasteiger partial charge in [-0.2, -0.15) is 12.8 Å². The summed E-state index contributed by atoms with van der Waals surface area (Å²) in [5.74, 6) is -0.926. The smallest absolute Gasteiger partial charge is 0.291 e. The fraction of sp³-hybridized carbons (Fsp3) is 0.485. The lowest BCUT2D eigenvalue weighted by Crippen LogP contribution is -2.35. The van der Waals surface area contributed by atoms with Crippen molar-refractivity contribution in [3.05, 3.63) is 63.5 Å². The fourth-order valence-electron chi connectivity index (χ4n) is 6.49. The highest BCUT2D eigenvalue weighted by Gasteiger charge is 2.39. The first kappa shape index (κ1) is 35.9. The van der Waals surface area contributed by atoms with Crippen LogP contribution >= 0.6 is 11.3 Å². The second-order valence-electron chi connectivity index (χ2n) is 12.3. The Hall–Kier alpha value is -3.37. The zero-order valence-corrected chi connectivity index (χ0v) is 30.6. The second kappa shape index (κ2) is 14.2. The lowest BCUT2D eigenvalue weighted by molar-refractivity contribution is -0.117. The molecule has 3 atom stereocenters. The van der Waals surface area contributed by atoms with E-state index in [1.54, 1.807) is 25.1 Å². The van der Waals surface area contributed by atoms with Gasteiger partial charge < -0.3 is 25.8 Å². The molecule has 2 aliphatic rings. The van der Waals surface area contributed by atoms with Crippen molar-refractivity contribution >= 4 is 54.9 Å². The lowest BCUT2D eigenvalue weighted by Gasteiger charge is -2.27. The number of aromatic amines is 1. The summed E-state index contributed by atoms with van der Waals surface area (Å²) in [6.45, 7) is 15.1. The summed E-state index contributed by atoms with van der Waals surface area (Å²) in [7, 11) is -7.85. The number of hydrogen-bond donors (Lipinski definition) is 4. The van der Waals surface area contributed by atoms with Gasteiger partial charge in [-0.05, 0) is 81.7 Å². The Labute approximate surface area is 286 Å². The van der Waals surface area contributed by atoms with Gasteiger partial charge >= 0.3 is 0 Å². The van der Waals surface area contributed by atoms with Gasteiger partial charge in [0.15, 0.2) is 9.84 Å².